The van der Waals surface area contributed by atoms with E-state index in [0.717, 1.165) is 12.8 Å². The third-order valence-corrected chi connectivity index (χ3v) is 5.16. The zero-order chi connectivity index (χ0) is 16.2. The fourth-order valence-electron chi connectivity index (χ4n) is 3.69. The predicted molar refractivity (Wildman–Crippen MR) is 81.6 cm³/mol. The molecule has 0 aromatic rings. The number of allylic oxidation sites excluding steroid dienone is 2. The third kappa shape index (κ3) is 2.46. The van der Waals surface area contributed by atoms with Crippen molar-refractivity contribution in [2.24, 2.45) is 17.3 Å². The summed E-state index contributed by atoms with van der Waals surface area (Å²) in [5.74, 6) is -0.394. The number of hydrogen-bond donors (Lipinski definition) is 1. The Morgan fingerprint density at radius 3 is 2.36 bits per heavy atom. The SMILES string of the molecule is CC(C)=CC1C(C(=O)N(C2CC2)C2CC(=O)NC2=O)C1(C)C. The van der Waals surface area contributed by atoms with Crippen LogP contribution < -0.4 is 5.32 Å². The molecule has 2 saturated carbocycles. The van der Waals surface area contributed by atoms with E-state index in [1.165, 1.54) is 5.57 Å². The van der Waals surface area contributed by atoms with Crippen molar-refractivity contribution in [2.75, 3.05) is 0 Å². The van der Waals surface area contributed by atoms with Crippen molar-refractivity contribution in [3.8, 4) is 0 Å². The van der Waals surface area contributed by atoms with Crippen molar-refractivity contribution in [2.45, 2.75) is 59.0 Å². The van der Waals surface area contributed by atoms with E-state index >= 15 is 0 Å². The summed E-state index contributed by atoms with van der Waals surface area (Å²) in [5.41, 5.74) is 1.14. The second-order valence-corrected chi connectivity index (χ2v) is 7.68. The van der Waals surface area contributed by atoms with Crippen LogP contribution in [0, 0.1) is 17.3 Å². The maximum atomic E-state index is 13.0. The lowest BCUT2D eigenvalue weighted by atomic mass is 10.1. The third-order valence-electron chi connectivity index (χ3n) is 5.16. The van der Waals surface area contributed by atoms with Gasteiger partial charge in [-0.05, 0) is 38.0 Å². The number of carbonyl (C=O) groups excluding carboxylic acids is 3. The summed E-state index contributed by atoms with van der Waals surface area (Å²) >= 11 is 0. The van der Waals surface area contributed by atoms with Crippen LogP contribution in [-0.2, 0) is 14.4 Å². The molecule has 5 nitrogen and oxygen atoms in total. The molecule has 0 aromatic carbocycles. The largest absolute Gasteiger partial charge is 0.327 e. The lowest BCUT2D eigenvalue weighted by Gasteiger charge is -2.27. The summed E-state index contributed by atoms with van der Waals surface area (Å²) in [7, 11) is 0. The monoisotopic (exact) mass is 304 g/mol. The summed E-state index contributed by atoms with van der Waals surface area (Å²) in [6.07, 6.45) is 4.14. The predicted octanol–water partition coefficient (Wildman–Crippen LogP) is 1.63. The minimum Gasteiger partial charge on any atom is -0.327 e. The number of hydrogen-bond acceptors (Lipinski definition) is 3. The molecule has 3 atom stereocenters. The first-order chi connectivity index (χ1) is 10.2. The van der Waals surface area contributed by atoms with Crippen LogP contribution in [0.5, 0.6) is 0 Å². The molecule has 120 valence electrons. The number of nitrogens with one attached hydrogen (secondary N) is 1. The van der Waals surface area contributed by atoms with E-state index in [4.69, 9.17) is 0 Å². The molecule has 1 aliphatic heterocycles. The average Bonchev–Trinajstić information content (AvgIpc) is 3.25. The summed E-state index contributed by atoms with van der Waals surface area (Å²) in [5, 5.41) is 2.32. The molecule has 5 heteroatoms. The maximum absolute atomic E-state index is 13.0. The van der Waals surface area contributed by atoms with Gasteiger partial charge >= 0.3 is 0 Å². The first-order valence-corrected chi connectivity index (χ1v) is 8.04. The summed E-state index contributed by atoms with van der Waals surface area (Å²) in [6, 6.07) is -0.464. The van der Waals surface area contributed by atoms with Gasteiger partial charge in [0.15, 0.2) is 0 Å². The summed E-state index contributed by atoms with van der Waals surface area (Å²) < 4.78 is 0. The number of rotatable bonds is 4. The Morgan fingerprint density at radius 1 is 1.27 bits per heavy atom. The molecule has 3 amide bonds. The first-order valence-electron chi connectivity index (χ1n) is 8.04. The van der Waals surface area contributed by atoms with Gasteiger partial charge in [-0.2, -0.15) is 0 Å². The standard InChI is InChI=1S/C17H24N2O3/c1-9(2)7-11-14(17(11,3)4)16(22)19(10-5-6-10)12-8-13(20)18-15(12)21/h7,10-12,14H,5-6,8H2,1-4H3,(H,18,20,21). The van der Waals surface area contributed by atoms with E-state index in [2.05, 4.69) is 25.2 Å². The molecule has 1 heterocycles. The molecule has 0 bridgehead atoms. The Balaban J connectivity index is 1.81. The lowest BCUT2D eigenvalue weighted by molar-refractivity contribution is -0.141. The lowest BCUT2D eigenvalue weighted by Crippen LogP contribution is -2.47. The van der Waals surface area contributed by atoms with E-state index in [9.17, 15) is 14.4 Å². The zero-order valence-electron chi connectivity index (χ0n) is 13.7. The molecule has 22 heavy (non-hydrogen) atoms. The highest BCUT2D eigenvalue weighted by molar-refractivity contribution is 6.07. The van der Waals surface area contributed by atoms with E-state index in [-0.39, 0.29) is 47.4 Å². The van der Waals surface area contributed by atoms with Gasteiger partial charge in [0, 0.05) is 6.04 Å². The fraction of sp³-hybridized carbons (Fsp3) is 0.706. The minimum absolute atomic E-state index is 0.0462. The van der Waals surface area contributed by atoms with Gasteiger partial charge in [-0.3, -0.25) is 19.7 Å². The maximum Gasteiger partial charge on any atom is 0.249 e. The molecular weight excluding hydrogens is 280 g/mol. The number of imide groups is 1. The average molecular weight is 304 g/mol. The van der Waals surface area contributed by atoms with Crippen LogP contribution >= 0.6 is 0 Å². The highest BCUT2D eigenvalue weighted by Crippen LogP contribution is 2.60. The van der Waals surface area contributed by atoms with E-state index in [1.807, 2.05) is 13.8 Å². The highest BCUT2D eigenvalue weighted by atomic mass is 16.2. The van der Waals surface area contributed by atoms with Gasteiger partial charge in [0.05, 0.1) is 12.3 Å². The van der Waals surface area contributed by atoms with Crippen molar-refractivity contribution in [3.63, 3.8) is 0 Å². The molecule has 3 fully saturated rings. The van der Waals surface area contributed by atoms with Gasteiger partial charge in [-0.15, -0.1) is 0 Å². The Morgan fingerprint density at radius 2 is 1.91 bits per heavy atom. The Kier molecular flexibility index (Phi) is 3.42. The van der Waals surface area contributed by atoms with Crippen LogP contribution in [0.1, 0.15) is 47.0 Å². The smallest absolute Gasteiger partial charge is 0.249 e. The molecule has 1 saturated heterocycles. The Bertz CT molecular complexity index is 570. The minimum atomic E-state index is -0.601. The van der Waals surface area contributed by atoms with E-state index in [0.29, 0.717) is 0 Å². The van der Waals surface area contributed by atoms with Crippen molar-refractivity contribution >= 4 is 17.7 Å². The van der Waals surface area contributed by atoms with E-state index in [1.54, 1.807) is 4.90 Å². The van der Waals surface area contributed by atoms with Crippen LogP contribution in [-0.4, -0.2) is 34.7 Å². The number of carbonyl (C=O) groups is 3. The van der Waals surface area contributed by atoms with E-state index < -0.39 is 6.04 Å². The second kappa shape index (κ2) is 4.93. The zero-order valence-corrected chi connectivity index (χ0v) is 13.7. The van der Waals surface area contributed by atoms with Gasteiger partial charge in [-0.1, -0.05) is 25.5 Å². The molecule has 0 radical (unpaired) electrons. The van der Waals surface area contributed by atoms with Crippen molar-refractivity contribution in [1.82, 2.24) is 10.2 Å². The van der Waals surface area contributed by atoms with Crippen molar-refractivity contribution in [3.05, 3.63) is 11.6 Å². The summed E-state index contributed by atoms with van der Waals surface area (Å²) in [4.78, 5) is 38.2. The second-order valence-electron chi connectivity index (χ2n) is 7.68. The summed E-state index contributed by atoms with van der Waals surface area (Å²) in [6.45, 7) is 8.28. The molecule has 0 aromatic heterocycles. The van der Waals surface area contributed by atoms with Gasteiger partial charge in [-0.25, -0.2) is 0 Å². The van der Waals surface area contributed by atoms with Gasteiger partial charge in [0.2, 0.25) is 17.7 Å². The van der Waals surface area contributed by atoms with Crippen LogP contribution in [0.4, 0.5) is 0 Å². The fourth-order valence-corrected chi connectivity index (χ4v) is 3.69. The van der Waals surface area contributed by atoms with Crippen LogP contribution in [0.3, 0.4) is 0 Å². The van der Waals surface area contributed by atoms with Crippen LogP contribution in [0.2, 0.25) is 0 Å². The number of nitrogens with zero attached hydrogens (tertiary/aromatic N) is 1. The molecule has 0 spiro atoms. The Labute approximate surface area is 131 Å². The molecule has 3 unspecified atom stereocenters. The molecular formula is C17H24N2O3. The van der Waals surface area contributed by atoms with Crippen LogP contribution in [0.25, 0.3) is 0 Å². The first kappa shape index (κ1) is 15.3. The number of amides is 3. The quantitative estimate of drug-likeness (QED) is 0.634. The molecule has 3 aliphatic rings. The Hall–Kier alpha value is -1.65. The van der Waals surface area contributed by atoms with Gasteiger partial charge in [0.25, 0.3) is 0 Å². The molecule has 1 N–H and O–H groups in total. The normalized spacial score (nSPS) is 32.5. The van der Waals surface area contributed by atoms with Crippen molar-refractivity contribution < 1.29 is 14.4 Å². The molecule has 3 rings (SSSR count). The van der Waals surface area contributed by atoms with Crippen LogP contribution in [0.15, 0.2) is 11.6 Å². The highest BCUT2D eigenvalue weighted by Gasteiger charge is 2.63. The van der Waals surface area contributed by atoms with Crippen molar-refractivity contribution in [1.29, 1.82) is 0 Å². The van der Waals surface area contributed by atoms with Gasteiger partial charge in [0.1, 0.15) is 6.04 Å². The van der Waals surface area contributed by atoms with Gasteiger partial charge < -0.3 is 4.90 Å². The molecule has 2 aliphatic carbocycles. The topological polar surface area (TPSA) is 66.5 Å².